The normalized spacial score (nSPS) is 21.6. The summed E-state index contributed by atoms with van der Waals surface area (Å²) in [5, 5.41) is 11.7. The molecule has 5 nitrogen and oxygen atoms in total. The maximum atomic E-state index is 12.9. The first-order chi connectivity index (χ1) is 10.0. The van der Waals surface area contributed by atoms with E-state index in [4.69, 9.17) is 9.84 Å². The Labute approximate surface area is 122 Å². The van der Waals surface area contributed by atoms with Crippen molar-refractivity contribution in [1.29, 1.82) is 0 Å². The molecular weight excluding hydrogens is 277 g/mol. The molecule has 0 bridgehead atoms. The van der Waals surface area contributed by atoms with Crippen LogP contribution in [0.5, 0.6) is 0 Å². The molecule has 0 unspecified atom stereocenters. The Kier molecular flexibility index (Phi) is 4.90. The molecule has 1 aromatic rings. The molecule has 1 saturated carbocycles. The van der Waals surface area contributed by atoms with E-state index in [-0.39, 0.29) is 24.3 Å². The molecule has 114 valence electrons. The molecule has 0 aliphatic heterocycles. The molecule has 1 aliphatic carbocycles. The molecule has 2 rings (SSSR count). The number of amides is 1. The largest absolute Gasteiger partial charge is 0.481 e. The molecule has 0 aromatic heterocycles. The Hall–Kier alpha value is -1.95. The summed E-state index contributed by atoms with van der Waals surface area (Å²) >= 11 is 0. The van der Waals surface area contributed by atoms with Crippen LogP contribution < -0.4 is 5.32 Å². The number of hydrogen-bond acceptors (Lipinski definition) is 3. The van der Waals surface area contributed by atoms with Crippen molar-refractivity contribution in [1.82, 2.24) is 5.32 Å². The summed E-state index contributed by atoms with van der Waals surface area (Å²) in [5.41, 5.74) is 0.570. The minimum absolute atomic E-state index is 0.0753. The van der Waals surface area contributed by atoms with Crippen LogP contribution >= 0.6 is 0 Å². The average molecular weight is 295 g/mol. The molecule has 0 heterocycles. The predicted molar refractivity (Wildman–Crippen MR) is 73.1 cm³/mol. The average Bonchev–Trinajstić information content (AvgIpc) is 3.18. The summed E-state index contributed by atoms with van der Waals surface area (Å²) < 4.78 is 18.3. The van der Waals surface area contributed by atoms with E-state index in [1.807, 2.05) is 6.92 Å². The van der Waals surface area contributed by atoms with Crippen LogP contribution in [0.3, 0.4) is 0 Å². The third kappa shape index (κ3) is 4.26. The fourth-order valence-electron chi connectivity index (χ4n) is 2.25. The highest BCUT2D eigenvalue weighted by atomic mass is 19.1. The Morgan fingerprint density at radius 3 is 2.67 bits per heavy atom. The molecule has 1 aliphatic rings. The van der Waals surface area contributed by atoms with Gasteiger partial charge < -0.3 is 15.2 Å². The lowest BCUT2D eigenvalue weighted by atomic mass is 10.0. The predicted octanol–water partition coefficient (Wildman–Crippen LogP) is 1.88. The van der Waals surface area contributed by atoms with Crippen LogP contribution in [0.15, 0.2) is 24.3 Å². The second-order valence-corrected chi connectivity index (χ2v) is 5.05. The molecular formula is C15H18FNO4. The molecule has 1 amide bonds. The Balaban J connectivity index is 2.01. The fourth-order valence-corrected chi connectivity index (χ4v) is 2.25. The number of carboxylic acid groups (broad SMARTS) is 1. The Bertz CT molecular complexity index is 517. The molecule has 1 aromatic carbocycles. The van der Waals surface area contributed by atoms with E-state index in [0.29, 0.717) is 18.6 Å². The number of carboxylic acids is 1. The topological polar surface area (TPSA) is 75.6 Å². The van der Waals surface area contributed by atoms with Gasteiger partial charge in [0, 0.05) is 6.61 Å². The highest BCUT2D eigenvalue weighted by Crippen LogP contribution is 2.34. The van der Waals surface area contributed by atoms with Gasteiger partial charge in [0.25, 0.3) is 0 Å². The number of benzene rings is 1. The van der Waals surface area contributed by atoms with Crippen LogP contribution in [0.4, 0.5) is 4.39 Å². The van der Waals surface area contributed by atoms with Crippen molar-refractivity contribution >= 4 is 11.9 Å². The van der Waals surface area contributed by atoms with Gasteiger partial charge in [-0.2, -0.15) is 0 Å². The van der Waals surface area contributed by atoms with Gasteiger partial charge in [-0.15, -0.1) is 0 Å². The van der Waals surface area contributed by atoms with E-state index in [1.54, 1.807) is 0 Å². The number of nitrogens with one attached hydrogen (secondary N) is 1. The van der Waals surface area contributed by atoms with Crippen LogP contribution in [0.25, 0.3) is 0 Å². The fraction of sp³-hybridized carbons (Fsp3) is 0.467. The molecule has 21 heavy (non-hydrogen) atoms. The van der Waals surface area contributed by atoms with Gasteiger partial charge in [-0.05, 0) is 31.0 Å². The first-order valence-electron chi connectivity index (χ1n) is 6.90. The van der Waals surface area contributed by atoms with Crippen molar-refractivity contribution in [3.63, 3.8) is 0 Å². The molecule has 1 fully saturated rings. The van der Waals surface area contributed by atoms with Gasteiger partial charge in [0.1, 0.15) is 5.82 Å². The number of carbonyl (C=O) groups excluding carboxylic acids is 1. The van der Waals surface area contributed by atoms with Crippen molar-refractivity contribution in [3.8, 4) is 0 Å². The smallest absolute Gasteiger partial charge is 0.305 e. The first kappa shape index (κ1) is 15.4. The lowest BCUT2D eigenvalue weighted by Crippen LogP contribution is -2.32. The van der Waals surface area contributed by atoms with E-state index in [2.05, 4.69) is 5.32 Å². The van der Waals surface area contributed by atoms with Crippen molar-refractivity contribution in [2.45, 2.75) is 31.9 Å². The van der Waals surface area contributed by atoms with E-state index in [1.165, 1.54) is 24.3 Å². The molecule has 0 spiro atoms. The second-order valence-electron chi connectivity index (χ2n) is 5.05. The maximum absolute atomic E-state index is 12.9. The minimum atomic E-state index is -1.03. The summed E-state index contributed by atoms with van der Waals surface area (Å²) in [5.74, 6) is -1.87. The monoisotopic (exact) mass is 295 g/mol. The summed E-state index contributed by atoms with van der Waals surface area (Å²) in [7, 11) is 0. The van der Waals surface area contributed by atoms with Crippen molar-refractivity contribution in [2.24, 2.45) is 5.92 Å². The minimum Gasteiger partial charge on any atom is -0.481 e. The van der Waals surface area contributed by atoms with Crippen LogP contribution in [-0.2, 0) is 14.3 Å². The molecule has 6 heteroatoms. The van der Waals surface area contributed by atoms with E-state index >= 15 is 0 Å². The van der Waals surface area contributed by atoms with Gasteiger partial charge in [-0.25, -0.2) is 4.39 Å². The molecule has 0 saturated heterocycles. The van der Waals surface area contributed by atoms with Crippen LogP contribution in [0.2, 0.25) is 0 Å². The summed E-state index contributed by atoms with van der Waals surface area (Å²) in [4.78, 5) is 23.0. The van der Waals surface area contributed by atoms with Gasteiger partial charge in [-0.3, -0.25) is 9.59 Å². The quantitative estimate of drug-likeness (QED) is 0.805. The van der Waals surface area contributed by atoms with Gasteiger partial charge in [0.05, 0.1) is 24.5 Å². The van der Waals surface area contributed by atoms with Gasteiger partial charge >= 0.3 is 5.97 Å². The Morgan fingerprint density at radius 1 is 1.43 bits per heavy atom. The third-order valence-corrected chi connectivity index (χ3v) is 3.42. The highest BCUT2D eigenvalue weighted by Gasteiger charge is 2.44. The second kappa shape index (κ2) is 6.67. The van der Waals surface area contributed by atoms with E-state index in [9.17, 15) is 14.0 Å². The summed E-state index contributed by atoms with van der Waals surface area (Å²) in [6.07, 6.45) is 0.334. The SMILES string of the molecule is CCO[C@@H]1C[C@H]1C(=O)N[C@H](CC(=O)O)c1ccc(F)cc1. The number of rotatable bonds is 7. The first-order valence-corrected chi connectivity index (χ1v) is 6.90. The lowest BCUT2D eigenvalue weighted by Gasteiger charge is -2.17. The van der Waals surface area contributed by atoms with Gasteiger partial charge in [-0.1, -0.05) is 12.1 Å². The number of ether oxygens (including phenoxy) is 1. The number of carbonyl (C=O) groups is 2. The highest BCUT2D eigenvalue weighted by molar-refractivity contribution is 5.83. The van der Waals surface area contributed by atoms with Crippen LogP contribution in [-0.4, -0.2) is 29.7 Å². The van der Waals surface area contributed by atoms with Crippen molar-refractivity contribution in [3.05, 3.63) is 35.6 Å². The maximum Gasteiger partial charge on any atom is 0.305 e. The standard InChI is InChI=1S/C15H18FNO4/c1-2-21-13-7-11(13)15(20)17-12(8-14(18)19)9-3-5-10(16)6-4-9/h3-6,11-13H,2,7-8H2,1H3,(H,17,20)(H,18,19)/t11-,12-,13-/m1/s1. The number of halogens is 1. The van der Waals surface area contributed by atoms with Crippen molar-refractivity contribution in [2.75, 3.05) is 6.61 Å². The molecule has 3 atom stereocenters. The third-order valence-electron chi connectivity index (χ3n) is 3.42. The zero-order chi connectivity index (χ0) is 15.4. The zero-order valence-electron chi connectivity index (χ0n) is 11.7. The van der Waals surface area contributed by atoms with Crippen LogP contribution in [0.1, 0.15) is 31.4 Å². The summed E-state index contributed by atoms with van der Waals surface area (Å²) in [6, 6.07) is 4.79. The number of aliphatic carboxylic acids is 1. The molecule has 2 N–H and O–H groups in total. The summed E-state index contributed by atoms with van der Waals surface area (Å²) in [6.45, 7) is 2.41. The van der Waals surface area contributed by atoms with Gasteiger partial charge in [0.2, 0.25) is 5.91 Å². The van der Waals surface area contributed by atoms with Gasteiger partial charge in [0.15, 0.2) is 0 Å². The lowest BCUT2D eigenvalue weighted by molar-refractivity contribution is -0.137. The van der Waals surface area contributed by atoms with Crippen LogP contribution in [0, 0.1) is 11.7 Å². The Morgan fingerprint density at radius 2 is 2.10 bits per heavy atom. The van der Waals surface area contributed by atoms with E-state index < -0.39 is 17.8 Å². The molecule has 0 radical (unpaired) electrons. The van der Waals surface area contributed by atoms with E-state index in [0.717, 1.165) is 0 Å². The van der Waals surface area contributed by atoms with Crippen molar-refractivity contribution < 1.29 is 23.8 Å². The zero-order valence-corrected chi connectivity index (χ0v) is 11.7. The number of hydrogen-bond donors (Lipinski definition) is 2.